The van der Waals surface area contributed by atoms with Gasteiger partial charge in [-0.3, -0.25) is 71.9 Å². The standard InChI is InChI=1S/C90H174N22O15/c1-52(2)43-61(97)77(114)99-62(31-19-25-37-91)80(117)107-73(49-58(13)14)88(125)110-69(45-54(5)6)84(121)102-63(32-20-26-38-92)78(115)100-65(34-22-28-40-94)81(118)108-74(50-59(15)16)89(126)111-70(46-55(7)8)85(122)103-64(33-21-27-39-93)79(116)101-66(35-23-29-41-95)82(119)109-75(51-60(17)18)90(127)112-71(47-56(9)10)86(123)104-67(36-24-30-42-96)83(120)106-72(48-57(11)12)87(124)105-68(76(98)113)44-53(3)4/h52-75H,19-51,91-97H2,1-18H3,(H2,98,113)(H,99,114)(H,100,115)(H,101,116)(H,102,121)(H,103,122)(H,104,123)(H,105,124)(H,106,120)(H,107,117)(H,108,118)(H,109,119)(H,110,125)(H,111,126)(H,112,127). The minimum Gasteiger partial charge on any atom is -0.368 e. The molecule has 0 aromatic carbocycles. The Bertz CT molecular complexity index is 3280. The predicted molar refractivity (Wildman–Crippen MR) is 497 cm³/mol. The predicted octanol–water partition coefficient (Wildman–Crippen LogP) is 1.78. The molecular formula is C90H174N22O15. The summed E-state index contributed by atoms with van der Waals surface area (Å²) in [4.78, 5) is 216. The number of hydrogen-bond donors (Lipinski definition) is 22. The fraction of sp³-hybridized carbons (Fsp3) is 0.833. The monoisotopic (exact) mass is 1800 g/mol. The average molecular weight is 1800 g/mol. The summed E-state index contributed by atoms with van der Waals surface area (Å²) >= 11 is 0. The fourth-order valence-corrected chi connectivity index (χ4v) is 14.6. The number of hydrogen-bond acceptors (Lipinski definition) is 22. The molecule has 0 heterocycles. The minimum atomic E-state index is -1.32. The van der Waals surface area contributed by atoms with Gasteiger partial charge < -0.3 is 120 Å². The maximum atomic E-state index is 14.9. The highest BCUT2D eigenvalue weighted by atomic mass is 16.2. The van der Waals surface area contributed by atoms with Crippen LogP contribution in [-0.4, -0.2) is 219 Å². The van der Waals surface area contributed by atoms with Crippen molar-refractivity contribution in [1.29, 1.82) is 0 Å². The number of rotatable bonds is 71. The van der Waals surface area contributed by atoms with Crippen molar-refractivity contribution >= 4 is 88.6 Å². The summed E-state index contributed by atoms with van der Waals surface area (Å²) in [6, 6.07) is -18.0. The topological polar surface area (TPSA) is 633 Å². The molecule has 0 rings (SSSR count). The number of nitrogens with two attached hydrogens (primary N) is 8. The molecule has 15 amide bonds. The van der Waals surface area contributed by atoms with Crippen LogP contribution in [0.2, 0.25) is 0 Å². The van der Waals surface area contributed by atoms with Gasteiger partial charge >= 0.3 is 0 Å². The summed E-state index contributed by atoms with van der Waals surface area (Å²) < 4.78 is 0. The molecule has 0 aliphatic carbocycles. The number of carbonyl (C=O) groups is 15. The van der Waals surface area contributed by atoms with Gasteiger partial charge in [-0.2, -0.15) is 0 Å². The first kappa shape index (κ1) is 119. The summed E-state index contributed by atoms with van der Waals surface area (Å²) in [5.74, 6) is -11.8. The van der Waals surface area contributed by atoms with Gasteiger partial charge in [-0.15, -0.1) is 0 Å². The van der Waals surface area contributed by atoms with E-state index >= 15 is 0 Å². The second-order valence-electron chi connectivity index (χ2n) is 38.2. The van der Waals surface area contributed by atoms with E-state index in [4.69, 9.17) is 45.9 Å². The third kappa shape index (κ3) is 52.3. The van der Waals surface area contributed by atoms with E-state index in [1.807, 2.05) is 125 Å². The number of carbonyl (C=O) groups excluding carboxylic acids is 15. The molecule has 0 aromatic heterocycles. The lowest BCUT2D eigenvalue weighted by Gasteiger charge is -2.30. The first-order valence-corrected chi connectivity index (χ1v) is 47.2. The maximum Gasteiger partial charge on any atom is 0.243 e. The molecule has 30 N–H and O–H groups in total. The van der Waals surface area contributed by atoms with E-state index in [0.29, 0.717) is 90.0 Å². The van der Waals surface area contributed by atoms with Gasteiger partial charge in [-0.05, 0) is 266 Å². The summed E-state index contributed by atoms with van der Waals surface area (Å²) in [6.07, 6.45) is 6.87. The molecule has 0 aliphatic heterocycles. The van der Waals surface area contributed by atoms with Crippen molar-refractivity contribution < 1.29 is 71.9 Å². The summed E-state index contributed by atoms with van der Waals surface area (Å²) in [5, 5.41) is 39.5. The van der Waals surface area contributed by atoms with Crippen molar-refractivity contribution in [3.8, 4) is 0 Å². The Morgan fingerprint density at radius 2 is 0.291 bits per heavy atom. The molecular weight excluding hydrogens is 1630 g/mol. The largest absolute Gasteiger partial charge is 0.368 e. The number of nitrogens with one attached hydrogen (secondary N) is 14. The van der Waals surface area contributed by atoms with E-state index in [1.54, 1.807) is 0 Å². The zero-order valence-electron chi connectivity index (χ0n) is 80.4. The molecule has 15 atom stereocenters. The first-order valence-electron chi connectivity index (χ1n) is 47.2. The van der Waals surface area contributed by atoms with Crippen molar-refractivity contribution in [3.05, 3.63) is 0 Å². The quantitative estimate of drug-likeness (QED) is 0.0386. The van der Waals surface area contributed by atoms with Gasteiger partial charge in [0, 0.05) is 0 Å². The van der Waals surface area contributed by atoms with Crippen LogP contribution in [-0.2, 0) is 71.9 Å². The SMILES string of the molecule is CC(C)CC(N)C(=O)NC(CCCCN)C(=O)NC(CC(C)C)C(=O)NC(CC(C)C)C(=O)NC(CCCCN)C(=O)NC(CCCCN)C(=O)NC(CC(C)C)C(=O)NC(CC(C)C)C(=O)NC(CCCCN)C(=O)NC(CCCCN)C(=O)NC(CC(C)C)C(=O)NC(CC(C)C)C(=O)NC(CCCCN)C(=O)NC(CC(C)C)C(=O)NC(CC(C)C)C(N)=O. The third-order valence-electron chi connectivity index (χ3n) is 21.3. The van der Waals surface area contributed by atoms with Crippen LogP contribution >= 0.6 is 0 Å². The molecule has 37 heteroatoms. The van der Waals surface area contributed by atoms with E-state index in [2.05, 4.69) is 74.4 Å². The Morgan fingerprint density at radius 1 is 0.173 bits per heavy atom. The smallest absolute Gasteiger partial charge is 0.243 e. The highest BCUT2D eigenvalue weighted by Crippen LogP contribution is 2.20. The average Bonchev–Trinajstić information content (AvgIpc) is 0.854. The maximum absolute atomic E-state index is 14.9. The van der Waals surface area contributed by atoms with Crippen molar-refractivity contribution in [3.63, 3.8) is 0 Å². The highest BCUT2D eigenvalue weighted by Gasteiger charge is 2.40. The molecule has 0 aliphatic rings. The molecule has 0 radical (unpaired) electrons. The van der Waals surface area contributed by atoms with Crippen molar-refractivity contribution in [2.45, 2.75) is 389 Å². The molecule has 0 aromatic rings. The van der Waals surface area contributed by atoms with Gasteiger partial charge in [0.05, 0.1) is 6.04 Å². The Balaban J connectivity index is 7.47. The molecule has 127 heavy (non-hydrogen) atoms. The van der Waals surface area contributed by atoms with Gasteiger partial charge in [-0.1, -0.05) is 125 Å². The van der Waals surface area contributed by atoms with Gasteiger partial charge in [0.15, 0.2) is 0 Å². The van der Waals surface area contributed by atoms with Gasteiger partial charge in [0.1, 0.15) is 84.6 Å². The molecule has 0 fully saturated rings. The molecule has 15 unspecified atom stereocenters. The van der Waals surface area contributed by atoms with Gasteiger partial charge in [-0.25, -0.2) is 0 Å². The Kier molecular flexibility index (Phi) is 61.9. The minimum absolute atomic E-state index is 0.00128. The lowest BCUT2D eigenvalue weighted by molar-refractivity contribution is -0.137. The Hall–Kier alpha value is -8.23. The van der Waals surface area contributed by atoms with Crippen LogP contribution in [0, 0.1) is 53.3 Å². The van der Waals surface area contributed by atoms with Crippen molar-refractivity contribution in [2.75, 3.05) is 39.3 Å². The zero-order chi connectivity index (χ0) is 96.8. The van der Waals surface area contributed by atoms with Crippen molar-refractivity contribution in [2.24, 2.45) is 99.1 Å². The van der Waals surface area contributed by atoms with E-state index in [9.17, 15) is 71.9 Å². The van der Waals surface area contributed by atoms with Gasteiger partial charge in [0.2, 0.25) is 88.6 Å². The van der Waals surface area contributed by atoms with Crippen LogP contribution in [0.25, 0.3) is 0 Å². The molecule has 0 saturated carbocycles. The van der Waals surface area contributed by atoms with Crippen LogP contribution in [0.5, 0.6) is 0 Å². The third-order valence-corrected chi connectivity index (χ3v) is 21.3. The molecule has 734 valence electrons. The second-order valence-corrected chi connectivity index (χ2v) is 38.2. The summed E-state index contributed by atoms with van der Waals surface area (Å²) in [7, 11) is 0. The number of amides is 15. The summed E-state index contributed by atoms with van der Waals surface area (Å²) in [5.41, 5.74) is 47.3. The van der Waals surface area contributed by atoms with Gasteiger partial charge in [0.25, 0.3) is 0 Å². The zero-order valence-corrected chi connectivity index (χ0v) is 80.4. The van der Waals surface area contributed by atoms with Crippen LogP contribution in [0.1, 0.15) is 298 Å². The lowest BCUT2D eigenvalue weighted by Crippen LogP contribution is -2.61. The van der Waals surface area contributed by atoms with Crippen LogP contribution in [0.3, 0.4) is 0 Å². The fourth-order valence-electron chi connectivity index (χ4n) is 14.6. The van der Waals surface area contributed by atoms with Crippen LogP contribution < -0.4 is 120 Å². The molecule has 0 saturated heterocycles. The van der Waals surface area contributed by atoms with E-state index in [-0.39, 0.29) is 176 Å². The molecule has 0 spiro atoms. The number of primary amides is 1. The van der Waals surface area contributed by atoms with Crippen LogP contribution in [0.4, 0.5) is 0 Å². The summed E-state index contributed by atoms with van der Waals surface area (Å²) in [6.45, 7) is 35.0. The molecule has 37 nitrogen and oxygen atoms in total. The second kappa shape index (κ2) is 66.2. The van der Waals surface area contributed by atoms with E-state index in [0.717, 1.165) is 0 Å². The molecule has 0 bridgehead atoms. The van der Waals surface area contributed by atoms with E-state index in [1.165, 1.54) is 0 Å². The first-order chi connectivity index (χ1) is 59.7. The van der Waals surface area contributed by atoms with Crippen LogP contribution in [0.15, 0.2) is 0 Å². The number of unbranched alkanes of at least 4 members (excludes halogenated alkanes) is 6. The lowest BCUT2D eigenvalue weighted by atomic mass is 9.98. The normalized spacial score (nSPS) is 15.3. The van der Waals surface area contributed by atoms with Crippen molar-refractivity contribution in [1.82, 2.24) is 74.4 Å². The highest BCUT2D eigenvalue weighted by molar-refractivity contribution is 6.00. The Morgan fingerprint density at radius 3 is 0.425 bits per heavy atom. The Labute approximate surface area is 758 Å². The van der Waals surface area contributed by atoms with E-state index < -0.39 is 179 Å².